The van der Waals surface area contributed by atoms with Gasteiger partial charge in [0.15, 0.2) is 0 Å². The van der Waals surface area contributed by atoms with Crippen molar-refractivity contribution >= 4 is 17.7 Å². The second-order valence-electron chi connectivity index (χ2n) is 4.71. The van der Waals surface area contributed by atoms with Gasteiger partial charge in [-0.3, -0.25) is 9.59 Å². The normalized spacial score (nSPS) is 17.6. The van der Waals surface area contributed by atoms with Crippen LogP contribution >= 0.6 is 11.8 Å². The Morgan fingerprint density at radius 3 is 2.78 bits per heavy atom. The highest BCUT2D eigenvalue weighted by atomic mass is 32.2. The molecule has 1 aliphatic rings. The molecule has 0 radical (unpaired) electrons. The molecule has 4 nitrogen and oxygen atoms in total. The first-order valence-corrected chi connectivity index (χ1v) is 7.40. The van der Waals surface area contributed by atoms with Crippen molar-refractivity contribution in [3.8, 4) is 0 Å². The van der Waals surface area contributed by atoms with Gasteiger partial charge < -0.3 is 10.3 Å². The van der Waals surface area contributed by atoms with E-state index in [1.807, 2.05) is 11.8 Å². The van der Waals surface area contributed by atoms with E-state index in [1.54, 1.807) is 12.1 Å². The van der Waals surface area contributed by atoms with Gasteiger partial charge >= 0.3 is 0 Å². The third-order valence-corrected chi connectivity index (χ3v) is 4.95. The van der Waals surface area contributed by atoms with Gasteiger partial charge in [-0.05, 0) is 25.2 Å². The number of hydrogen-bond donors (Lipinski definition) is 2. The van der Waals surface area contributed by atoms with Gasteiger partial charge in [-0.2, -0.15) is 11.8 Å². The van der Waals surface area contributed by atoms with Crippen LogP contribution in [0.2, 0.25) is 0 Å². The lowest BCUT2D eigenvalue weighted by molar-refractivity contribution is 0.0944. The van der Waals surface area contributed by atoms with Gasteiger partial charge in [0.1, 0.15) is 5.69 Å². The average Bonchev–Trinajstić information content (AvgIpc) is 2.85. The third-order valence-electron chi connectivity index (χ3n) is 3.53. The first kappa shape index (κ1) is 13.2. The lowest BCUT2D eigenvalue weighted by Gasteiger charge is -2.26. The van der Waals surface area contributed by atoms with E-state index in [0.717, 1.165) is 12.8 Å². The van der Waals surface area contributed by atoms with Gasteiger partial charge in [-0.25, -0.2) is 0 Å². The number of H-pyrrole nitrogens is 1. The highest BCUT2D eigenvalue weighted by Gasteiger charge is 2.33. The van der Waals surface area contributed by atoms with Gasteiger partial charge in [-0.15, -0.1) is 0 Å². The fourth-order valence-corrected chi connectivity index (χ4v) is 3.30. The van der Waals surface area contributed by atoms with Crippen molar-refractivity contribution in [2.45, 2.75) is 30.4 Å². The first-order chi connectivity index (χ1) is 8.65. The van der Waals surface area contributed by atoms with Crippen molar-refractivity contribution in [1.82, 2.24) is 10.3 Å². The van der Waals surface area contributed by atoms with E-state index in [9.17, 15) is 9.59 Å². The van der Waals surface area contributed by atoms with E-state index >= 15 is 0 Å². The molecule has 18 heavy (non-hydrogen) atoms. The van der Waals surface area contributed by atoms with Gasteiger partial charge in [0, 0.05) is 17.4 Å². The maximum Gasteiger partial charge on any atom is 0.267 e. The molecule has 1 aliphatic carbocycles. The molecule has 0 aliphatic heterocycles. The van der Waals surface area contributed by atoms with Crippen LogP contribution in [0.1, 0.15) is 36.2 Å². The molecule has 5 heteroatoms. The molecule has 1 aromatic rings. The molecule has 0 unspecified atom stereocenters. The molecule has 98 valence electrons. The zero-order valence-corrected chi connectivity index (χ0v) is 11.3. The summed E-state index contributed by atoms with van der Waals surface area (Å²) in [5, 5.41) is 2.93. The van der Waals surface area contributed by atoms with Crippen LogP contribution in [0.25, 0.3) is 0 Å². The topological polar surface area (TPSA) is 62.0 Å². The monoisotopic (exact) mass is 266 g/mol. The van der Waals surface area contributed by atoms with E-state index in [4.69, 9.17) is 0 Å². The molecule has 1 heterocycles. The van der Waals surface area contributed by atoms with E-state index in [2.05, 4.69) is 16.6 Å². The molecule has 2 N–H and O–H groups in total. The van der Waals surface area contributed by atoms with Crippen molar-refractivity contribution in [3.05, 3.63) is 34.2 Å². The third kappa shape index (κ3) is 2.96. The number of rotatable bonds is 4. The first-order valence-electron chi connectivity index (χ1n) is 6.18. The summed E-state index contributed by atoms with van der Waals surface area (Å²) in [6, 6.07) is 4.61. The summed E-state index contributed by atoms with van der Waals surface area (Å²) < 4.78 is 0.185. The standard InChI is InChI=1S/C13H18N2O2S/c1-18-13(7-2-3-8-13)9-14-12(17)10-5-4-6-11(16)15-10/h4-6H,2-3,7-9H2,1H3,(H,14,17)(H,15,16). The van der Waals surface area contributed by atoms with Crippen LogP contribution in [-0.2, 0) is 0 Å². The molecule has 1 fully saturated rings. The van der Waals surface area contributed by atoms with Crippen LogP contribution in [0.5, 0.6) is 0 Å². The van der Waals surface area contributed by atoms with Crippen molar-refractivity contribution in [2.24, 2.45) is 0 Å². The van der Waals surface area contributed by atoms with Crippen molar-refractivity contribution < 1.29 is 4.79 Å². The fourth-order valence-electron chi connectivity index (χ4n) is 2.39. The second-order valence-corrected chi connectivity index (χ2v) is 5.98. The van der Waals surface area contributed by atoms with Gasteiger partial charge in [0.2, 0.25) is 5.56 Å². The molecule has 1 aromatic heterocycles. The zero-order valence-electron chi connectivity index (χ0n) is 10.5. The Bertz CT molecular complexity index is 478. The number of nitrogens with one attached hydrogen (secondary N) is 2. The average molecular weight is 266 g/mol. The Kier molecular flexibility index (Phi) is 4.11. The Balaban J connectivity index is 1.98. The highest BCUT2D eigenvalue weighted by Crippen LogP contribution is 2.39. The number of thioether (sulfide) groups is 1. The smallest absolute Gasteiger partial charge is 0.267 e. The summed E-state index contributed by atoms with van der Waals surface area (Å²) in [6.45, 7) is 0.671. The van der Waals surface area contributed by atoms with E-state index in [0.29, 0.717) is 12.2 Å². The van der Waals surface area contributed by atoms with Crippen molar-refractivity contribution in [1.29, 1.82) is 0 Å². The number of carbonyl (C=O) groups excluding carboxylic acids is 1. The van der Waals surface area contributed by atoms with E-state index < -0.39 is 0 Å². The van der Waals surface area contributed by atoms with Crippen LogP contribution in [-0.4, -0.2) is 28.4 Å². The fraction of sp³-hybridized carbons (Fsp3) is 0.538. The molecule has 0 spiro atoms. The Labute approximate surface area is 111 Å². The Hall–Kier alpha value is -1.23. The summed E-state index contributed by atoms with van der Waals surface area (Å²) in [5.74, 6) is -0.201. The molecule has 0 aromatic carbocycles. The number of amides is 1. The Morgan fingerprint density at radius 2 is 2.17 bits per heavy atom. The molecular formula is C13H18N2O2S. The van der Waals surface area contributed by atoms with Crippen LogP contribution in [0.4, 0.5) is 0 Å². The minimum absolute atomic E-state index is 0.185. The molecule has 1 amide bonds. The Morgan fingerprint density at radius 1 is 1.44 bits per heavy atom. The quantitative estimate of drug-likeness (QED) is 0.873. The predicted molar refractivity (Wildman–Crippen MR) is 74.1 cm³/mol. The van der Waals surface area contributed by atoms with Crippen LogP contribution < -0.4 is 10.9 Å². The number of carbonyl (C=O) groups is 1. The molecule has 0 bridgehead atoms. The SMILES string of the molecule is CSC1(CNC(=O)c2cccc(=O)[nH]2)CCCC1. The maximum atomic E-state index is 11.9. The lowest BCUT2D eigenvalue weighted by atomic mass is 10.1. The van der Waals surface area contributed by atoms with E-state index in [-0.39, 0.29) is 16.2 Å². The number of aromatic amines is 1. The molecular weight excluding hydrogens is 248 g/mol. The summed E-state index contributed by atoms with van der Waals surface area (Å²) >= 11 is 1.83. The van der Waals surface area contributed by atoms with Gasteiger partial charge in [0.05, 0.1) is 0 Å². The number of pyridine rings is 1. The predicted octanol–water partition coefficient (Wildman–Crippen LogP) is 1.78. The number of aromatic nitrogens is 1. The molecule has 2 rings (SSSR count). The highest BCUT2D eigenvalue weighted by molar-refractivity contribution is 8.00. The lowest BCUT2D eigenvalue weighted by Crippen LogP contribution is -2.39. The summed E-state index contributed by atoms with van der Waals surface area (Å²) in [4.78, 5) is 25.6. The van der Waals surface area contributed by atoms with E-state index in [1.165, 1.54) is 18.9 Å². The largest absolute Gasteiger partial charge is 0.349 e. The van der Waals surface area contributed by atoms with Crippen LogP contribution in [0.15, 0.2) is 23.0 Å². The maximum absolute atomic E-state index is 11.9. The van der Waals surface area contributed by atoms with Crippen molar-refractivity contribution in [3.63, 3.8) is 0 Å². The summed E-state index contributed by atoms with van der Waals surface area (Å²) in [6.07, 6.45) is 6.87. The molecule has 0 saturated heterocycles. The second kappa shape index (κ2) is 5.61. The summed E-state index contributed by atoms with van der Waals surface area (Å²) in [5.41, 5.74) is 0.0832. The van der Waals surface area contributed by atoms with Crippen LogP contribution in [0.3, 0.4) is 0 Å². The summed E-state index contributed by atoms with van der Waals surface area (Å²) in [7, 11) is 0. The minimum atomic E-state index is -0.247. The van der Waals surface area contributed by atoms with Gasteiger partial charge in [0.25, 0.3) is 5.91 Å². The molecule has 0 atom stereocenters. The molecule has 1 saturated carbocycles. The van der Waals surface area contributed by atoms with Gasteiger partial charge in [-0.1, -0.05) is 18.9 Å². The minimum Gasteiger partial charge on any atom is -0.349 e. The van der Waals surface area contributed by atoms with Crippen LogP contribution in [0, 0.1) is 0 Å². The number of hydrogen-bond acceptors (Lipinski definition) is 3. The van der Waals surface area contributed by atoms with Crippen molar-refractivity contribution in [2.75, 3.05) is 12.8 Å². The zero-order chi connectivity index (χ0) is 13.0.